The summed E-state index contributed by atoms with van der Waals surface area (Å²) in [5.74, 6) is 0.581. The Labute approximate surface area is 128 Å². The van der Waals surface area contributed by atoms with Gasteiger partial charge in [-0.15, -0.1) is 0 Å². The van der Waals surface area contributed by atoms with E-state index in [9.17, 15) is 4.79 Å². The highest BCUT2D eigenvalue weighted by Gasteiger charge is 2.37. The third-order valence-corrected chi connectivity index (χ3v) is 4.49. The number of halogens is 2. The number of rotatable bonds is 1. The molecule has 0 saturated carbocycles. The number of nitrogens with one attached hydrogen (secondary N) is 2. The van der Waals surface area contributed by atoms with Crippen molar-refractivity contribution in [2.24, 2.45) is 5.92 Å². The van der Waals surface area contributed by atoms with Crippen molar-refractivity contribution in [3.05, 3.63) is 28.2 Å². The molecule has 3 rings (SSSR count). The van der Waals surface area contributed by atoms with Crippen molar-refractivity contribution in [1.82, 2.24) is 10.2 Å². The van der Waals surface area contributed by atoms with Gasteiger partial charge >= 0.3 is 6.03 Å². The minimum atomic E-state index is -0.0678. The summed E-state index contributed by atoms with van der Waals surface area (Å²) in [5.41, 5.74) is 0.639. The number of anilines is 1. The lowest BCUT2D eigenvalue weighted by Crippen LogP contribution is -2.50. The Bertz CT molecular complexity index is 503. The lowest BCUT2D eigenvalue weighted by molar-refractivity contribution is 0.147. The van der Waals surface area contributed by atoms with Crippen LogP contribution in [0.1, 0.15) is 12.8 Å². The predicted octanol–water partition coefficient (Wildman–Crippen LogP) is 3.21. The van der Waals surface area contributed by atoms with Gasteiger partial charge in [-0.05, 0) is 37.0 Å². The third kappa shape index (κ3) is 2.87. The van der Waals surface area contributed by atoms with Crippen LogP contribution in [0.3, 0.4) is 0 Å². The van der Waals surface area contributed by atoms with Gasteiger partial charge in [0.2, 0.25) is 0 Å². The first-order valence-electron chi connectivity index (χ1n) is 6.88. The first-order valence-corrected chi connectivity index (χ1v) is 7.63. The Morgan fingerprint density at radius 1 is 1.25 bits per heavy atom. The summed E-state index contributed by atoms with van der Waals surface area (Å²) in [7, 11) is 0. The van der Waals surface area contributed by atoms with Crippen LogP contribution in [0.4, 0.5) is 10.5 Å². The number of piperidine rings is 1. The second kappa shape index (κ2) is 5.80. The maximum absolute atomic E-state index is 12.4. The first kappa shape index (κ1) is 14.0. The van der Waals surface area contributed by atoms with Crippen molar-refractivity contribution in [1.29, 1.82) is 0 Å². The summed E-state index contributed by atoms with van der Waals surface area (Å²) in [4.78, 5) is 14.4. The summed E-state index contributed by atoms with van der Waals surface area (Å²) in [5, 5.41) is 7.30. The van der Waals surface area contributed by atoms with Crippen LogP contribution in [-0.4, -0.2) is 36.6 Å². The van der Waals surface area contributed by atoms with Crippen LogP contribution in [0, 0.1) is 5.92 Å². The Balaban J connectivity index is 1.72. The number of carbonyl (C=O) groups is 1. The molecule has 1 aromatic rings. The van der Waals surface area contributed by atoms with E-state index in [1.54, 1.807) is 18.2 Å². The zero-order chi connectivity index (χ0) is 14.1. The lowest BCUT2D eigenvalue weighted by Gasteiger charge is -2.36. The number of carbonyl (C=O) groups excluding carboxylic acids is 1. The molecule has 0 spiro atoms. The van der Waals surface area contributed by atoms with Crippen LogP contribution in [0.25, 0.3) is 0 Å². The van der Waals surface area contributed by atoms with Gasteiger partial charge in [0, 0.05) is 41.4 Å². The molecule has 2 fully saturated rings. The monoisotopic (exact) mass is 313 g/mol. The number of urea groups is 1. The van der Waals surface area contributed by atoms with Crippen molar-refractivity contribution in [2.45, 2.75) is 18.9 Å². The summed E-state index contributed by atoms with van der Waals surface area (Å²) in [6.07, 6.45) is 2.26. The van der Waals surface area contributed by atoms with Crippen molar-refractivity contribution in [3.63, 3.8) is 0 Å². The number of likely N-dealkylation sites (tertiary alicyclic amines) is 1. The summed E-state index contributed by atoms with van der Waals surface area (Å²) in [6, 6.07) is 5.30. The molecule has 4 nitrogen and oxygen atoms in total. The normalized spacial score (nSPS) is 25.4. The Morgan fingerprint density at radius 3 is 2.75 bits per heavy atom. The molecule has 1 aromatic carbocycles. The number of hydrogen-bond acceptors (Lipinski definition) is 2. The molecule has 2 amide bonds. The molecule has 0 aromatic heterocycles. The van der Waals surface area contributed by atoms with Gasteiger partial charge in [-0.2, -0.15) is 0 Å². The van der Waals surface area contributed by atoms with E-state index in [4.69, 9.17) is 23.2 Å². The van der Waals surface area contributed by atoms with E-state index in [2.05, 4.69) is 10.6 Å². The van der Waals surface area contributed by atoms with Crippen molar-refractivity contribution in [3.8, 4) is 0 Å². The SMILES string of the molecule is O=C(Nc1cc(Cl)cc(Cl)c1)N1CCCC2CNCC21. The van der Waals surface area contributed by atoms with Gasteiger partial charge in [0.25, 0.3) is 0 Å². The molecule has 0 bridgehead atoms. The molecular weight excluding hydrogens is 297 g/mol. The molecule has 2 N–H and O–H groups in total. The van der Waals surface area contributed by atoms with Crippen molar-refractivity contribution in [2.75, 3.05) is 25.0 Å². The Hall–Kier alpha value is -0.970. The number of fused-ring (bicyclic) bond motifs is 1. The molecule has 2 aliphatic rings. The van der Waals surface area contributed by atoms with E-state index in [1.807, 2.05) is 4.90 Å². The molecule has 20 heavy (non-hydrogen) atoms. The van der Waals surface area contributed by atoms with Crippen LogP contribution in [0.15, 0.2) is 18.2 Å². The predicted molar refractivity (Wildman–Crippen MR) is 81.6 cm³/mol. The summed E-state index contributed by atoms with van der Waals surface area (Å²) < 4.78 is 0. The van der Waals surface area contributed by atoms with Crippen molar-refractivity contribution >= 4 is 34.9 Å². The topological polar surface area (TPSA) is 44.4 Å². The quantitative estimate of drug-likeness (QED) is 0.836. The van der Waals surface area contributed by atoms with E-state index < -0.39 is 0 Å². The smallest absolute Gasteiger partial charge is 0.320 e. The van der Waals surface area contributed by atoms with E-state index in [1.165, 1.54) is 6.42 Å². The number of nitrogens with zero attached hydrogens (tertiary/aromatic N) is 1. The van der Waals surface area contributed by atoms with Gasteiger partial charge in [0.15, 0.2) is 0 Å². The van der Waals surface area contributed by atoms with E-state index in [0.717, 1.165) is 26.1 Å². The van der Waals surface area contributed by atoms with Crippen LogP contribution < -0.4 is 10.6 Å². The largest absolute Gasteiger partial charge is 0.322 e. The zero-order valence-electron chi connectivity index (χ0n) is 11.0. The first-order chi connectivity index (χ1) is 9.63. The van der Waals surface area contributed by atoms with Crippen LogP contribution in [0.2, 0.25) is 10.0 Å². The minimum Gasteiger partial charge on any atom is -0.320 e. The average Bonchev–Trinajstić information content (AvgIpc) is 2.85. The molecule has 0 radical (unpaired) electrons. The molecule has 0 aliphatic carbocycles. The fraction of sp³-hybridized carbons (Fsp3) is 0.500. The molecule has 2 saturated heterocycles. The fourth-order valence-electron chi connectivity index (χ4n) is 3.14. The standard InChI is InChI=1S/C14H17Cl2N3O/c15-10-4-11(16)6-12(5-10)18-14(20)19-3-1-2-9-7-17-8-13(9)19/h4-6,9,13,17H,1-3,7-8H2,(H,18,20). The molecule has 2 unspecified atom stereocenters. The van der Waals surface area contributed by atoms with Gasteiger partial charge < -0.3 is 15.5 Å². The van der Waals surface area contributed by atoms with Crippen LogP contribution in [0.5, 0.6) is 0 Å². The summed E-state index contributed by atoms with van der Waals surface area (Å²) in [6.45, 7) is 2.70. The highest BCUT2D eigenvalue weighted by Crippen LogP contribution is 2.28. The highest BCUT2D eigenvalue weighted by atomic mass is 35.5. The van der Waals surface area contributed by atoms with Gasteiger partial charge in [0.05, 0.1) is 0 Å². The average molecular weight is 314 g/mol. The molecular formula is C14H17Cl2N3O. The molecule has 2 atom stereocenters. The van der Waals surface area contributed by atoms with E-state index in [0.29, 0.717) is 27.7 Å². The second-order valence-corrected chi connectivity index (χ2v) is 6.28. The van der Waals surface area contributed by atoms with Crippen LogP contribution in [-0.2, 0) is 0 Å². The zero-order valence-corrected chi connectivity index (χ0v) is 12.5. The molecule has 2 heterocycles. The molecule has 2 aliphatic heterocycles. The highest BCUT2D eigenvalue weighted by molar-refractivity contribution is 6.35. The van der Waals surface area contributed by atoms with E-state index >= 15 is 0 Å². The van der Waals surface area contributed by atoms with Crippen LogP contribution >= 0.6 is 23.2 Å². The van der Waals surface area contributed by atoms with Gasteiger partial charge in [-0.3, -0.25) is 0 Å². The van der Waals surface area contributed by atoms with Crippen molar-refractivity contribution < 1.29 is 4.79 Å². The second-order valence-electron chi connectivity index (χ2n) is 5.41. The minimum absolute atomic E-state index is 0.0678. The maximum atomic E-state index is 12.4. The summed E-state index contributed by atoms with van der Waals surface area (Å²) >= 11 is 11.9. The number of hydrogen-bond donors (Lipinski definition) is 2. The molecule has 6 heteroatoms. The molecule has 108 valence electrons. The van der Waals surface area contributed by atoms with E-state index in [-0.39, 0.29) is 6.03 Å². The van der Waals surface area contributed by atoms with Gasteiger partial charge in [0.1, 0.15) is 0 Å². The van der Waals surface area contributed by atoms with Gasteiger partial charge in [-0.1, -0.05) is 23.2 Å². The fourth-order valence-corrected chi connectivity index (χ4v) is 3.67. The number of benzene rings is 1. The van der Waals surface area contributed by atoms with Gasteiger partial charge in [-0.25, -0.2) is 4.79 Å². The Kier molecular flexibility index (Phi) is 4.06. The maximum Gasteiger partial charge on any atom is 0.322 e. The lowest BCUT2D eigenvalue weighted by atomic mass is 9.92. The Morgan fingerprint density at radius 2 is 2.00 bits per heavy atom. The third-order valence-electron chi connectivity index (χ3n) is 4.05. The number of amides is 2.